The van der Waals surface area contributed by atoms with Gasteiger partial charge >= 0.3 is 0 Å². The van der Waals surface area contributed by atoms with E-state index in [0.717, 1.165) is 30.0 Å². The normalized spacial score (nSPS) is 25.4. The van der Waals surface area contributed by atoms with Crippen molar-refractivity contribution in [3.8, 4) is 0 Å². The van der Waals surface area contributed by atoms with Crippen LogP contribution in [0.1, 0.15) is 23.4 Å². The summed E-state index contributed by atoms with van der Waals surface area (Å²) in [6.07, 6.45) is 0.712. The van der Waals surface area contributed by atoms with Crippen LogP contribution in [0.25, 0.3) is 0 Å². The fourth-order valence-corrected chi connectivity index (χ4v) is 3.81. The van der Waals surface area contributed by atoms with Gasteiger partial charge in [0.1, 0.15) is 0 Å². The number of ether oxygens (including phenoxy) is 1. The molecule has 2 atom stereocenters. The Hall–Kier alpha value is -1.44. The van der Waals surface area contributed by atoms with Crippen LogP contribution in [0.4, 0.5) is 0 Å². The summed E-state index contributed by atoms with van der Waals surface area (Å²) in [6, 6.07) is 0.0414. The summed E-state index contributed by atoms with van der Waals surface area (Å²) in [7, 11) is 1.93. The number of rotatable bonds is 4. The summed E-state index contributed by atoms with van der Waals surface area (Å²) in [4.78, 5) is 16.6. The Labute approximate surface area is 143 Å². The molecule has 0 spiro atoms. The Bertz CT molecular complexity index is 595. The molecule has 2 aliphatic rings. The Balaban J connectivity index is 1.56. The van der Waals surface area contributed by atoms with Crippen LogP contribution in [0.3, 0.4) is 0 Å². The van der Waals surface area contributed by atoms with E-state index in [9.17, 15) is 9.90 Å². The first kappa shape index (κ1) is 17.4. The van der Waals surface area contributed by atoms with Gasteiger partial charge in [-0.25, -0.2) is 0 Å². The zero-order valence-corrected chi connectivity index (χ0v) is 14.9. The van der Waals surface area contributed by atoms with E-state index in [1.165, 1.54) is 0 Å². The molecule has 2 saturated heterocycles. The number of hydrogen-bond acceptors (Lipinski definition) is 5. The van der Waals surface area contributed by atoms with Crippen LogP contribution in [0.5, 0.6) is 0 Å². The summed E-state index contributed by atoms with van der Waals surface area (Å²) in [5.74, 6) is 0.118. The molecule has 7 heteroatoms. The average Bonchev–Trinajstić information content (AvgIpc) is 3.07. The monoisotopic (exact) mass is 336 g/mol. The number of aryl methyl sites for hydroxylation is 2. The topological polar surface area (TPSA) is 70.8 Å². The molecule has 0 aromatic carbocycles. The molecular weight excluding hydrogens is 308 g/mol. The molecule has 3 heterocycles. The van der Waals surface area contributed by atoms with E-state index < -0.39 is 6.10 Å². The van der Waals surface area contributed by atoms with Crippen LogP contribution in [-0.2, 0) is 23.0 Å². The number of nitrogens with zero attached hydrogens (tertiary/aromatic N) is 4. The molecule has 3 rings (SSSR count). The highest BCUT2D eigenvalue weighted by Gasteiger charge is 2.37. The fraction of sp³-hybridized carbons (Fsp3) is 0.765. The van der Waals surface area contributed by atoms with Gasteiger partial charge in [0.15, 0.2) is 0 Å². The van der Waals surface area contributed by atoms with Crippen LogP contribution < -0.4 is 0 Å². The third-order valence-corrected chi connectivity index (χ3v) is 5.37. The molecule has 2 fully saturated rings. The Kier molecular flexibility index (Phi) is 5.22. The van der Waals surface area contributed by atoms with Crippen molar-refractivity contribution in [2.24, 2.45) is 7.05 Å². The molecule has 0 radical (unpaired) electrons. The maximum Gasteiger partial charge on any atom is 0.223 e. The van der Waals surface area contributed by atoms with E-state index in [0.29, 0.717) is 39.1 Å². The number of carbonyl (C=O) groups is 1. The van der Waals surface area contributed by atoms with Crippen LogP contribution in [0.15, 0.2) is 0 Å². The smallest absolute Gasteiger partial charge is 0.223 e. The number of carbonyl (C=O) groups excluding carboxylic acids is 1. The van der Waals surface area contributed by atoms with Gasteiger partial charge in [0.2, 0.25) is 5.91 Å². The summed E-state index contributed by atoms with van der Waals surface area (Å²) < 4.78 is 7.23. The number of morpholine rings is 1. The van der Waals surface area contributed by atoms with E-state index in [1.807, 2.05) is 30.5 Å². The van der Waals surface area contributed by atoms with E-state index in [4.69, 9.17) is 4.74 Å². The van der Waals surface area contributed by atoms with Crippen molar-refractivity contribution in [3.63, 3.8) is 0 Å². The highest BCUT2D eigenvalue weighted by molar-refractivity contribution is 5.77. The van der Waals surface area contributed by atoms with Crippen LogP contribution >= 0.6 is 0 Å². The van der Waals surface area contributed by atoms with Gasteiger partial charge in [0, 0.05) is 45.3 Å². The van der Waals surface area contributed by atoms with Gasteiger partial charge < -0.3 is 14.7 Å². The van der Waals surface area contributed by atoms with Gasteiger partial charge in [-0.1, -0.05) is 0 Å². The lowest BCUT2D eigenvalue weighted by molar-refractivity contribution is -0.130. The average molecular weight is 336 g/mol. The molecule has 24 heavy (non-hydrogen) atoms. The molecule has 0 bridgehead atoms. The molecular formula is C17H28N4O3. The van der Waals surface area contributed by atoms with Crippen LogP contribution in [0, 0.1) is 13.8 Å². The second-order valence-electron chi connectivity index (χ2n) is 6.85. The maximum absolute atomic E-state index is 12.6. The van der Waals surface area contributed by atoms with Crippen LogP contribution in [0.2, 0.25) is 0 Å². The molecule has 0 saturated carbocycles. The predicted octanol–water partition coefficient (Wildman–Crippen LogP) is -0.127. The second kappa shape index (κ2) is 7.21. The molecule has 1 amide bonds. The molecule has 1 aromatic heterocycles. The summed E-state index contributed by atoms with van der Waals surface area (Å²) in [6.45, 7) is 8.15. The molecule has 1 aromatic rings. The number of amides is 1. The zero-order chi connectivity index (χ0) is 17.3. The minimum absolute atomic E-state index is 0.0414. The summed E-state index contributed by atoms with van der Waals surface area (Å²) in [5, 5.41) is 14.8. The first-order valence-corrected chi connectivity index (χ1v) is 8.74. The number of hydrogen-bond donors (Lipinski definition) is 1. The predicted molar refractivity (Wildman–Crippen MR) is 89.8 cm³/mol. The van der Waals surface area contributed by atoms with Gasteiger partial charge in [0.05, 0.1) is 31.1 Å². The van der Waals surface area contributed by atoms with Crippen molar-refractivity contribution < 1.29 is 14.6 Å². The van der Waals surface area contributed by atoms with Crippen LogP contribution in [-0.4, -0.2) is 82.1 Å². The molecule has 134 valence electrons. The highest BCUT2D eigenvalue weighted by Crippen LogP contribution is 2.20. The molecule has 7 nitrogen and oxygen atoms in total. The van der Waals surface area contributed by atoms with Crippen molar-refractivity contribution in [2.75, 3.05) is 39.4 Å². The number of β-amino-alcohol motifs (C(OH)–C–C–N with tert-alkyl or cyclic N) is 1. The fourth-order valence-electron chi connectivity index (χ4n) is 3.81. The first-order chi connectivity index (χ1) is 11.5. The first-order valence-electron chi connectivity index (χ1n) is 8.74. The van der Waals surface area contributed by atoms with Crippen molar-refractivity contribution in [1.82, 2.24) is 19.6 Å². The van der Waals surface area contributed by atoms with Gasteiger partial charge in [0.25, 0.3) is 0 Å². The minimum atomic E-state index is -0.464. The van der Waals surface area contributed by atoms with Crippen molar-refractivity contribution in [2.45, 2.75) is 38.8 Å². The third-order valence-electron chi connectivity index (χ3n) is 5.37. The second-order valence-corrected chi connectivity index (χ2v) is 6.85. The quantitative estimate of drug-likeness (QED) is 0.830. The zero-order valence-electron chi connectivity index (χ0n) is 14.9. The molecule has 0 aliphatic carbocycles. The van der Waals surface area contributed by atoms with Gasteiger partial charge in [-0.15, -0.1) is 0 Å². The molecule has 0 unspecified atom stereocenters. The molecule has 2 aliphatic heterocycles. The maximum atomic E-state index is 12.6. The Morgan fingerprint density at radius 3 is 2.62 bits per heavy atom. The Morgan fingerprint density at radius 1 is 1.29 bits per heavy atom. The SMILES string of the molecule is Cc1nn(C)c(C)c1CCC(=O)N1C[C@H](O)[C@@H](N2CCOCC2)C1. The lowest BCUT2D eigenvalue weighted by Crippen LogP contribution is -2.49. The van der Waals surface area contributed by atoms with Gasteiger partial charge in [-0.3, -0.25) is 14.4 Å². The lowest BCUT2D eigenvalue weighted by atomic mass is 10.1. The van der Waals surface area contributed by atoms with Gasteiger partial charge in [-0.05, 0) is 25.8 Å². The van der Waals surface area contributed by atoms with E-state index in [2.05, 4.69) is 10.00 Å². The summed E-state index contributed by atoms with van der Waals surface area (Å²) >= 11 is 0. The van der Waals surface area contributed by atoms with Crippen molar-refractivity contribution >= 4 is 5.91 Å². The number of likely N-dealkylation sites (tertiary alicyclic amines) is 1. The third kappa shape index (κ3) is 3.48. The van der Waals surface area contributed by atoms with Crippen molar-refractivity contribution in [3.05, 3.63) is 17.0 Å². The van der Waals surface area contributed by atoms with Crippen molar-refractivity contribution in [1.29, 1.82) is 0 Å². The Morgan fingerprint density at radius 2 is 2.00 bits per heavy atom. The number of aromatic nitrogens is 2. The van der Waals surface area contributed by atoms with Gasteiger partial charge in [-0.2, -0.15) is 5.10 Å². The van der Waals surface area contributed by atoms with E-state index in [1.54, 1.807) is 0 Å². The minimum Gasteiger partial charge on any atom is -0.390 e. The summed E-state index contributed by atoms with van der Waals surface area (Å²) in [5.41, 5.74) is 3.28. The number of aliphatic hydroxyl groups excluding tert-OH is 1. The van der Waals surface area contributed by atoms with E-state index in [-0.39, 0.29) is 11.9 Å². The highest BCUT2D eigenvalue weighted by atomic mass is 16.5. The largest absolute Gasteiger partial charge is 0.390 e. The standard InChI is InChI=1S/C17H28N4O3/c1-12-14(13(2)19(3)18-12)4-5-17(23)21-10-15(16(22)11-21)20-6-8-24-9-7-20/h15-16,22H,4-11H2,1-3H3/t15-,16-/m0/s1. The number of aliphatic hydroxyl groups is 1. The molecule has 1 N–H and O–H groups in total. The lowest BCUT2D eigenvalue weighted by Gasteiger charge is -2.33. The van der Waals surface area contributed by atoms with E-state index >= 15 is 0 Å².